The number of hydrogen-bond acceptors (Lipinski definition) is 2. The van der Waals surface area contributed by atoms with Crippen molar-refractivity contribution < 1.29 is 22.3 Å². The minimum absolute atomic E-state index is 0.218. The second-order valence-corrected chi connectivity index (χ2v) is 5.14. The van der Waals surface area contributed by atoms with Crippen LogP contribution in [-0.2, 0) is 6.18 Å². The van der Waals surface area contributed by atoms with E-state index >= 15 is 0 Å². The maximum atomic E-state index is 13.8. The number of methoxy groups -OCH3 is 1. The fraction of sp³-hybridized carbons (Fsp3) is 0.118. The third-order valence-electron chi connectivity index (χ3n) is 3.69. The van der Waals surface area contributed by atoms with E-state index in [9.17, 15) is 22.4 Å². The number of fused-ring (bicyclic) bond motifs is 1. The number of rotatable bonds is 2. The van der Waals surface area contributed by atoms with Gasteiger partial charge in [-0.2, -0.15) is 13.2 Å². The lowest BCUT2D eigenvalue weighted by molar-refractivity contribution is -0.139. The van der Waals surface area contributed by atoms with Crippen LogP contribution in [0.5, 0.6) is 5.75 Å². The van der Waals surface area contributed by atoms with Gasteiger partial charge in [0.1, 0.15) is 11.6 Å². The predicted octanol–water partition coefficient (Wildman–Crippen LogP) is 4.36. The summed E-state index contributed by atoms with van der Waals surface area (Å²) < 4.78 is 57.0. The molecule has 0 spiro atoms. The van der Waals surface area contributed by atoms with Gasteiger partial charge in [0.15, 0.2) is 0 Å². The Bertz CT molecular complexity index is 976. The first-order valence-electron chi connectivity index (χ1n) is 6.88. The number of ether oxygens (including phenoxy) is 1. The van der Waals surface area contributed by atoms with Crippen LogP contribution in [0.4, 0.5) is 17.6 Å². The van der Waals surface area contributed by atoms with Gasteiger partial charge in [-0.1, -0.05) is 6.07 Å². The number of halogens is 4. The Morgan fingerprint density at radius 3 is 2.42 bits per heavy atom. The van der Waals surface area contributed by atoms with Crippen molar-refractivity contribution in [3.63, 3.8) is 0 Å². The Morgan fingerprint density at radius 1 is 1.04 bits per heavy atom. The Hall–Kier alpha value is -2.83. The molecule has 0 saturated heterocycles. The van der Waals surface area contributed by atoms with Gasteiger partial charge in [0.05, 0.1) is 12.7 Å². The number of pyridine rings is 1. The summed E-state index contributed by atoms with van der Waals surface area (Å²) in [4.78, 5) is 14.4. The molecule has 3 rings (SSSR count). The molecule has 7 heteroatoms. The van der Waals surface area contributed by atoms with Crippen LogP contribution in [0.25, 0.3) is 21.9 Å². The van der Waals surface area contributed by atoms with E-state index in [-0.39, 0.29) is 11.1 Å². The largest absolute Gasteiger partial charge is 0.497 e. The number of aromatic amines is 1. The van der Waals surface area contributed by atoms with E-state index in [0.29, 0.717) is 28.2 Å². The van der Waals surface area contributed by atoms with Gasteiger partial charge in [-0.3, -0.25) is 4.79 Å². The minimum Gasteiger partial charge on any atom is -0.497 e. The van der Waals surface area contributed by atoms with Gasteiger partial charge >= 0.3 is 6.18 Å². The summed E-state index contributed by atoms with van der Waals surface area (Å²) in [7, 11) is 1.45. The predicted molar refractivity (Wildman–Crippen MR) is 81.5 cm³/mol. The van der Waals surface area contributed by atoms with Crippen LogP contribution >= 0.6 is 0 Å². The molecule has 0 saturated carbocycles. The quantitative estimate of drug-likeness (QED) is 0.706. The molecule has 1 aromatic heterocycles. The lowest BCUT2D eigenvalue weighted by Crippen LogP contribution is -2.08. The summed E-state index contributed by atoms with van der Waals surface area (Å²) in [5.74, 6) is -0.899. The topological polar surface area (TPSA) is 42.1 Å². The zero-order chi connectivity index (χ0) is 17.5. The molecule has 3 nitrogen and oxygen atoms in total. The molecule has 3 aromatic rings. The van der Waals surface area contributed by atoms with Gasteiger partial charge < -0.3 is 9.72 Å². The van der Waals surface area contributed by atoms with Crippen LogP contribution in [-0.4, -0.2) is 12.1 Å². The molecule has 0 fully saturated rings. The van der Waals surface area contributed by atoms with Crippen LogP contribution < -0.4 is 10.3 Å². The first kappa shape index (κ1) is 16.0. The summed E-state index contributed by atoms with van der Waals surface area (Å²) >= 11 is 0. The molecule has 0 aliphatic heterocycles. The zero-order valence-electron chi connectivity index (χ0n) is 12.4. The summed E-state index contributed by atoms with van der Waals surface area (Å²) in [5.41, 5.74) is -1.08. The van der Waals surface area contributed by atoms with Crippen LogP contribution in [0.1, 0.15) is 5.56 Å². The molecule has 0 atom stereocenters. The number of H-pyrrole nitrogens is 1. The molecule has 1 N–H and O–H groups in total. The second-order valence-electron chi connectivity index (χ2n) is 5.14. The van der Waals surface area contributed by atoms with Crippen LogP contribution in [0.2, 0.25) is 0 Å². The first-order chi connectivity index (χ1) is 11.3. The van der Waals surface area contributed by atoms with Gasteiger partial charge in [0.2, 0.25) is 0 Å². The third-order valence-corrected chi connectivity index (χ3v) is 3.69. The average molecular weight is 337 g/mol. The summed E-state index contributed by atoms with van der Waals surface area (Å²) in [5, 5.41) is 0.783. The summed E-state index contributed by atoms with van der Waals surface area (Å²) in [6.07, 6.45) is -3.43. The maximum absolute atomic E-state index is 13.8. The molecular weight excluding hydrogens is 326 g/mol. The first-order valence-corrected chi connectivity index (χ1v) is 6.88. The SMILES string of the molecule is COc1ccc2c(=O)[nH]cc(-c3ccc(C(F)(F)F)c(F)c3)c2c1. The number of hydrogen-bond donors (Lipinski definition) is 1. The van der Waals surface area contributed by atoms with Gasteiger partial charge in [-0.05, 0) is 35.9 Å². The van der Waals surface area contributed by atoms with Crippen molar-refractivity contribution in [2.45, 2.75) is 6.18 Å². The van der Waals surface area contributed by atoms with Gasteiger partial charge in [0, 0.05) is 22.5 Å². The molecule has 0 aliphatic carbocycles. The highest BCUT2D eigenvalue weighted by Gasteiger charge is 2.34. The molecule has 1 heterocycles. The number of alkyl halides is 3. The van der Waals surface area contributed by atoms with Crippen LogP contribution in [0, 0.1) is 5.82 Å². The Balaban J connectivity index is 2.25. The molecule has 0 aliphatic rings. The maximum Gasteiger partial charge on any atom is 0.419 e. The van der Waals surface area contributed by atoms with Crippen LogP contribution in [0.15, 0.2) is 47.4 Å². The molecule has 24 heavy (non-hydrogen) atoms. The fourth-order valence-corrected chi connectivity index (χ4v) is 2.52. The molecule has 0 unspecified atom stereocenters. The van der Waals surface area contributed by atoms with Crippen molar-refractivity contribution in [3.05, 3.63) is 64.3 Å². The fourth-order valence-electron chi connectivity index (χ4n) is 2.52. The number of benzene rings is 2. The number of aromatic nitrogens is 1. The Kier molecular flexibility index (Phi) is 3.79. The van der Waals surface area contributed by atoms with E-state index in [1.165, 1.54) is 25.4 Å². The lowest BCUT2D eigenvalue weighted by Gasteiger charge is -2.11. The zero-order valence-corrected chi connectivity index (χ0v) is 12.4. The lowest BCUT2D eigenvalue weighted by atomic mass is 9.99. The van der Waals surface area contributed by atoms with E-state index in [1.54, 1.807) is 12.1 Å². The van der Waals surface area contributed by atoms with Crippen LogP contribution in [0.3, 0.4) is 0 Å². The standard InChI is InChI=1S/C17H11F4NO2/c1-24-10-3-4-11-12(7-10)13(8-22-16(11)23)9-2-5-14(15(18)6-9)17(19,20)21/h2-8H,1H3,(H,22,23). The highest BCUT2D eigenvalue weighted by atomic mass is 19.4. The van der Waals surface area contributed by atoms with Gasteiger partial charge in [0.25, 0.3) is 5.56 Å². The van der Waals surface area contributed by atoms with E-state index in [0.717, 1.165) is 6.07 Å². The van der Waals surface area contributed by atoms with Crippen molar-refractivity contribution in [1.82, 2.24) is 4.98 Å². The highest BCUT2D eigenvalue weighted by Crippen LogP contribution is 2.35. The van der Waals surface area contributed by atoms with E-state index in [1.807, 2.05) is 0 Å². The van der Waals surface area contributed by atoms with E-state index in [2.05, 4.69) is 4.98 Å². The van der Waals surface area contributed by atoms with Crippen molar-refractivity contribution in [3.8, 4) is 16.9 Å². The normalized spacial score (nSPS) is 11.7. The molecule has 124 valence electrons. The van der Waals surface area contributed by atoms with Gasteiger partial charge in [-0.25, -0.2) is 4.39 Å². The van der Waals surface area contributed by atoms with E-state index < -0.39 is 17.6 Å². The summed E-state index contributed by atoms with van der Waals surface area (Å²) in [6, 6.07) is 7.36. The average Bonchev–Trinajstić information content (AvgIpc) is 2.53. The minimum atomic E-state index is -4.76. The molecule has 2 aromatic carbocycles. The highest BCUT2D eigenvalue weighted by molar-refractivity contribution is 5.96. The number of nitrogens with one attached hydrogen (secondary N) is 1. The van der Waals surface area contributed by atoms with Crippen molar-refractivity contribution >= 4 is 10.8 Å². The summed E-state index contributed by atoms with van der Waals surface area (Å²) in [6.45, 7) is 0. The van der Waals surface area contributed by atoms with E-state index in [4.69, 9.17) is 4.74 Å². The Labute approximate surface area is 133 Å². The third kappa shape index (κ3) is 2.73. The monoisotopic (exact) mass is 337 g/mol. The Morgan fingerprint density at radius 2 is 1.79 bits per heavy atom. The molecule has 0 radical (unpaired) electrons. The van der Waals surface area contributed by atoms with Crippen molar-refractivity contribution in [2.24, 2.45) is 0 Å². The second kappa shape index (κ2) is 5.67. The van der Waals surface area contributed by atoms with Crippen molar-refractivity contribution in [2.75, 3.05) is 7.11 Å². The molecule has 0 bridgehead atoms. The van der Waals surface area contributed by atoms with Crippen molar-refractivity contribution in [1.29, 1.82) is 0 Å². The molecule has 0 amide bonds. The smallest absolute Gasteiger partial charge is 0.419 e. The molecular formula is C17H11F4NO2. The van der Waals surface area contributed by atoms with Gasteiger partial charge in [-0.15, -0.1) is 0 Å².